The molecule has 7 nitrogen and oxygen atoms in total. The first-order chi connectivity index (χ1) is 20.1. The lowest BCUT2D eigenvalue weighted by atomic mass is 9.95. The quantitative estimate of drug-likeness (QED) is 0.254. The van der Waals surface area contributed by atoms with E-state index < -0.39 is 28.5 Å². The molecule has 1 aliphatic rings. The Hall–Kier alpha value is -3.07. The first-order valence-corrected chi connectivity index (χ1v) is 16.5. The van der Waals surface area contributed by atoms with Crippen molar-refractivity contribution in [3.8, 4) is 0 Å². The van der Waals surface area contributed by atoms with Gasteiger partial charge in [-0.25, -0.2) is 8.42 Å². The summed E-state index contributed by atoms with van der Waals surface area (Å²) in [5, 5.41) is 3.32. The van der Waals surface area contributed by atoms with E-state index in [4.69, 9.17) is 23.2 Å². The van der Waals surface area contributed by atoms with Gasteiger partial charge in [0.25, 0.3) is 10.0 Å². The maximum absolute atomic E-state index is 14.2. The van der Waals surface area contributed by atoms with Gasteiger partial charge in [0.15, 0.2) is 0 Å². The smallest absolute Gasteiger partial charge is 0.264 e. The molecule has 42 heavy (non-hydrogen) atoms. The standard InChI is InChI=1S/C32H37Cl2N3O4S/c1-3-28(32(39)35-25-13-8-5-9-14-25)36(21-24-11-6-4-7-12-24)30(38)22-37(29-16-10-15-27(33)31(29)34)42(40,41)26-19-17-23(2)18-20-26/h4,6-7,10-12,15-20,25,28H,3,5,8-9,13-14,21-22H2,1-2H3,(H,35,39). The number of benzene rings is 3. The molecule has 0 aromatic heterocycles. The van der Waals surface area contributed by atoms with Crippen molar-refractivity contribution in [1.82, 2.24) is 10.2 Å². The van der Waals surface area contributed by atoms with Crippen LogP contribution in [0.3, 0.4) is 0 Å². The predicted molar refractivity (Wildman–Crippen MR) is 168 cm³/mol. The number of amides is 2. The molecule has 10 heteroatoms. The zero-order valence-electron chi connectivity index (χ0n) is 23.9. The second kappa shape index (κ2) is 14.4. The Balaban J connectivity index is 1.72. The summed E-state index contributed by atoms with van der Waals surface area (Å²) in [7, 11) is -4.24. The Morgan fingerprint density at radius 1 is 0.929 bits per heavy atom. The van der Waals surface area contributed by atoms with Crippen LogP contribution in [0.15, 0.2) is 77.7 Å². The predicted octanol–water partition coefficient (Wildman–Crippen LogP) is 6.75. The highest BCUT2D eigenvalue weighted by atomic mass is 35.5. The molecule has 1 saturated carbocycles. The monoisotopic (exact) mass is 629 g/mol. The number of aryl methyl sites for hydroxylation is 1. The maximum atomic E-state index is 14.2. The van der Waals surface area contributed by atoms with Crippen LogP contribution < -0.4 is 9.62 Å². The van der Waals surface area contributed by atoms with E-state index in [2.05, 4.69) is 5.32 Å². The Kier molecular flexibility index (Phi) is 10.9. The van der Waals surface area contributed by atoms with E-state index in [1.807, 2.05) is 44.2 Å². The van der Waals surface area contributed by atoms with E-state index >= 15 is 0 Å². The SMILES string of the molecule is CCC(C(=O)NC1CCCCC1)N(Cc1ccccc1)C(=O)CN(c1cccc(Cl)c1Cl)S(=O)(=O)c1ccc(C)cc1. The van der Waals surface area contributed by atoms with Crippen molar-refractivity contribution in [3.63, 3.8) is 0 Å². The van der Waals surface area contributed by atoms with Gasteiger partial charge in [0.2, 0.25) is 11.8 Å². The first kappa shape index (κ1) is 31.9. The van der Waals surface area contributed by atoms with Crippen molar-refractivity contribution in [1.29, 1.82) is 0 Å². The molecule has 3 aromatic rings. The second-order valence-corrected chi connectivity index (χ2v) is 13.3. The molecule has 224 valence electrons. The van der Waals surface area contributed by atoms with Gasteiger partial charge in [-0.2, -0.15) is 0 Å². The first-order valence-electron chi connectivity index (χ1n) is 14.3. The minimum absolute atomic E-state index is 0.00800. The van der Waals surface area contributed by atoms with Crippen molar-refractivity contribution in [2.75, 3.05) is 10.8 Å². The summed E-state index contributed by atoms with van der Waals surface area (Å²) in [5.74, 6) is -0.765. The summed E-state index contributed by atoms with van der Waals surface area (Å²) in [4.78, 5) is 29.3. The van der Waals surface area contributed by atoms with Gasteiger partial charge in [0, 0.05) is 12.6 Å². The largest absolute Gasteiger partial charge is 0.352 e. The van der Waals surface area contributed by atoms with Crippen LogP contribution in [0.2, 0.25) is 10.0 Å². The van der Waals surface area contributed by atoms with Gasteiger partial charge in [-0.15, -0.1) is 0 Å². The van der Waals surface area contributed by atoms with E-state index in [0.717, 1.165) is 47.5 Å². The van der Waals surface area contributed by atoms with Crippen LogP contribution in [0.5, 0.6) is 0 Å². The summed E-state index contributed by atoms with van der Waals surface area (Å²) in [6.45, 7) is 3.27. The fourth-order valence-electron chi connectivity index (χ4n) is 5.28. The summed E-state index contributed by atoms with van der Waals surface area (Å²) in [5.41, 5.74) is 1.79. The van der Waals surface area contributed by atoms with Crippen LogP contribution >= 0.6 is 23.2 Å². The zero-order chi connectivity index (χ0) is 30.3. The molecule has 0 aliphatic heterocycles. The van der Waals surface area contributed by atoms with E-state index in [-0.39, 0.29) is 39.1 Å². The fourth-order valence-corrected chi connectivity index (χ4v) is 7.15. The summed E-state index contributed by atoms with van der Waals surface area (Å²) >= 11 is 12.8. The van der Waals surface area contributed by atoms with E-state index in [1.165, 1.54) is 23.1 Å². The number of nitrogens with zero attached hydrogens (tertiary/aromatic N) is 2. The number of nitrogens with one attached hydrogen (secondary N) is 1. The van der Waals surface area contributed by atoms with Gasteiger partial charge in [-0.05, 0) is 56.0 Å². The molecule has 1 N–H and O–H groups in total. The Bertz CT molecular complexity index is 1480. The van der Waals surface area contributed by atoms with Crippen molar-refractivity contribution in [2.24, 2.45) is 0 Å². The van der Waals surface area contributed by atoms with Crippen molar-refractivity contribution in [2.45, 2.75) is 75.9 Å². The third-order valence-electron chi connectivity index (χ3n) is 7.62. The number of rotatable bonds is 11. The second-order valence-electron chi connectivity index (χ2n) is 10.7. The Morgan fingerprint density at radius 2 is 1.60 bits per heavy atom. The van der Waals surface area contributed by atoms with E-state index in [9.17, 15) is 18.0 Å². The van der Waals surface area contributed by atoms with E-state index in [0.29, 0.717) is 6.42 Å². The molecular formula is C32H37Cl2N3O4S. The van der Waals surface area contributed by atoms with Gasteiger partial charge in [-0.1, -0.05) is 103 Å². The highest BCUT2D eigenvalue weighted by molar-refractivity contribution is 7.92. The minimum atomic E-state index is -4.24. The Morgan fingerprint density at radius 3 is 2.24 bits per heavy atom. The van der Waals surface area contributed by atoms with Crippen LogP contribution in [-0.2, 0) is 26.2 Å². The number of hydrogen-bond acceptors (Lipinski definition) is 4. The normalized spacial score (nSPS) is 14.7. The van der Waals surface area contributed by atoms with Gasteiger partial charge in [0.1, 0.15) is 12.6 Å². The van der Waals surface area contributed by atoms with E-state index in [1.54, 1.807) is 24.3 Å². The number of hydrogen-bond donors (Lipinski definition) is 1. The molecule has 2 amide bonds. The van der Waals surface area contributed by atoms with Gasteiger partial charge >= 0.3 is 0 Å². The average Bonchev–Trinajstić information content (AvgIpc) is 2.98. The molecule has 1 unspecified atom stereocenters. The number of sulfonamides is 1. The molecule has 1 aliphatic carbocycles. The fraction of sp³-hybridized carbons (Fsp3) is 0.375. The van der Waals surface area contributed by atoms with Gasteiger partial charge in [0.05, 0.1) is 20.6 Å². The molecular weight excluding hydrogens is 593 g/mol. The molecule has 0 radical (unpaired) electrons. The number of carbonyl (C=O) groups excluding carboxylic acids is 2. The van der Waals surface area contributed by atoms with Crippen LogP contribution in [0.4, 0.5) is 5.69 Å². The number of anilines is 1. The molecule has 4 rings (SSSR count). The molecule has 3 aromatic carbocycles. The molecule has 0 spiro atoms. The molecule has 0 bridgehead atoms. The summed E-state index contributed by atoms with van der Waals surface area (Å²) in [6.07, 6.45) is 5.44. The average molecular weight is 631 g/mol. The zero-order valence-corrected chi connectivity index (χ0v) is 26.3. The van der Waals surface area contributed by atoms with Crippen molar-refractivity contribution < 1.29 is 18.0 Å². The third-order valence-corrected chi connectivity index (χ3v) is 10.2. The van der Waals surface area contributed by atoms with Crippen LogP contribution in [0.1, 0.15) is 56.6 Å². The Labute approximate surface area is 258 Å². The lowest BCUT2D eigenvalue weighted by Gasteiger charge is -2.34. The van der Waals surface area contributed by atoms with Gasteiger partial charge < -0.3 is 10.2 Å². The minimum Gasteiger partial charge on any atom is -0.352 e. The lowest BCUT2D eigenvalue weighted by molar-refractivity contribution is -0.140. The molecule has 1 atom stereocenters. The summed E-state index contributed by atoms with van der Waals surface area (Å²) in [6, 6.07) is 19.6. The molecule has 1 fully saturated rings. The highest BCUT2D eigenvalue weighted by Crippen LogP contribution is 2.35. The van der Waals surface area contributed by atoms with Crippen LogP contribution in [0, 0.1) is 6.92 Å². The highest BCUT2D eigenvalue weighted by Gasteiger charge is 2.35. The topological polar surface area (TPSA) is 86.8 Å². The van der Waals surface area contributed by atoms with Gasteiger partial charge in [-0.3, -0.25) is 13.9 Å². The summed E-state index contributed by atoms with van der Waals surface area (Å²) < 4.78 is 29.1. The molecule has 0 saturated heterocycles. The maximum Gasteiger partial charge on any atom is 0.264 e. The van der Waals surface area contributed by atoms with Crippen molar-refractivity contribution >= 4 is 50.7 Å². The molecule has 0 heterocycles. The number of halogens is 2. The van der Waals surface area contributed by atoms with Crippen molar-refractivity contribution in [3.05, 3.63) is 94.0 Å². The third kappa shape index (κ3) is 7.65. The lowest BCUT2D eigenvalue weighted by Crippen LogP contribution is -2.54. The van der Waals surface area contributed by atoms with Crippen LogP contribution in [0.25, 0.3) is 0 Å². The number of carbonyl (C=O) groups is 2. The van der Waals surface area contributed by atoms with Crippen LogP contribution in [-0.4, -0.2) is 43.8 Å².